The molecule has 0 aromatic carbocycles. The van der Waals surface area contributed by atoms with E-state index in [2.05, 4.69) is 15.5 Å². The van der Waals surface area contributed by atoms with Gasteiger partial charge in [-0.3, -0.25) is 0 Å². The molecule has 72 valence electrons. The molecule has 3 heterocycles. The molecule has 1 aliphatic rings. The molecule has 0 bridgehead atoms. The SMILES string of the molecule is c1coc(-c2noc(C3CNC3)n2)c1. The largest absolute Gasteiger partial charge is 0.461 e. The molecule has 0 unspecified atom stereocenters. The Kier molecular flexibility index (Phi) is 1.63. The van der Waals surface area contributed by atoms with E-state index in [-0.39, 0.29) is 0 Å². The summed E-state index contributed by atoms with van der Waals surface area (Å²) in [6, 6.07) is 3.62. The van der Waals surface area contributed by atoms with Gasteiger partial charge in [-0.25, -0.2) is 0 Å². The van der Waals surface area contributed by atoms with Gasteiger partial charge in [0.1, 0.15) is 0 Å². The molecule has 2 aromatic rings. The van der Waals surface area contributed by atoms with Crippen molar-refractivity contribution in [3.05, 3.63) is 24.3 Å². The van der Waals surface area contributed by atoms with Crippen LogP contribution in [0, 0.1) is 0 Å². The van der Waals surface area contributed by atoms with Crippen molar-refractivity contribution in [3.8, 4) is 11.6 Å². The highest BCUT2D eigenvalue weighted by atomic mass is 16.5. The standard InChI is InChI=1S/C9H9N3O2/c1-2-7(13-3-1)8-11-9(14-12-8)6-4-10-5-6/h1-3,6,10H,4-5H2. The third-order valence-electron chi connectivity index (χ3n) is 2.31. The summed E-state index contributed by atoms with van der Waals surface area (Å²) < 4.78 is 10.3. The smallest absolute Gasteiger partial charge is 0.238 e. The van der Waals surface area contributed by atoms with E-state index in [1.165, 1.54) is 0 Å². The lowest BCUT2D eigenvalue weighted by molar-refractivity contribution is 0.308. The van der Waals surface area contributed by atoms with Crippen LogP contribution in [0.15, 0.2) is 27.3 Å². The van der Waals surface area contributed by atoms with Gasteiger partial charge in [-0.1, -0.05) is 5.16 Å². The molecule has 3 rings (SSSR count). The maximum absolute atomic E-state index is 5.16. The van der Waals surface area contributed by atoms with Gasteiger partial charge in [-0.05, 0) is 12.1 Å². The summed E-state index contributed by atoms with van der Waals surface area (Å²) >= 11 is 0. The Morgan fingerprint density at radius 3 is 3.00 bits per heavy atom. The molecule has 0 atom stereocenters. The van der Waals surface area contributed by atoms with Gasteiger partial charge in [0.05, 0.1) is 12.2 Å². The fourth-order valence-electron chi connectivity index (χ4n) is 1.37. The first-order chi connectivity index (χ1) is 6.93. The summed E-state index contributed by atoms with van der Waals surface area (Å²) in [5, 5.41) is 7.01. The highest BCUT2D eigenvalue weighted by molar-refractivity contribution is 5.44. The van der Waals surface area contributed by atoms with Crippen molar-refractivity contribution in [1.29, 1.82) is 0 Å². The van der Waals surface area contributed by atoms with Crippen LogP contribution in [-0.4, -0.2) is 23.2 Å². The van der Waals surface area contributed by atoms with Gasteiger partial charge in [-0.2, -0.15) is 4.98 Å². The Morgan fingerprint density at radius 2 is 2.36 bits per heavy atom. The lowest BCUT2D eigenvalue weighted by Crippen LogP contribution is -2.40. The molecule has 0 spiro atoms. The zero-order valence-corrected chi connectivity index (χ0v) is 7.43. The molecule has 14 heavy (non-hydrogen) atoms. The molecule has 0 amide bonds. The predicted molar refractivity (Wildman–Crippen MR) is 47.6 cm³/mol. The van der Waals surface area contributed by atoms with Gasteiger partial charge in [0, 0.05) is 13.1 Å². The molecule has 5 heteroatoms. The number of aromatic nitrogens is 2. The Hall–Kier alpha value is -1.62. The van der Waals surface area contributed by atoms with Crippen molar-refractivity contribution in [3.63, 3.8) is 0 Å². The van der Waals surface area contributed by atoms with E-state index < -0.39 is 0 Å². The zero-order valence-electron chi connectivity index (χ0n) is 7.43. The van der Waals surface area contributed by atoms with Crippen LogP contribution in [0.2, 0.25) is 0 Å². The van der Waals surface area contributed by atoms with Crippen LogP contribution in [0.3, 0.4) is 0 Å². The minimum absolute atomic E-state index is 0.367. The predicted octanol–water partition coefficient (Wildman–Crippen LogP) is 1.02. The van der Waals surface area contributed by atoms with Crippen molar-refractivity contribution >= 4 is 0 Å². The van der Waals surface area contributed by atoms with E-state index in [1.54, 1.807) is 12.3 Å². The fourth-order valence-corrected chi connectivity index (χ4v) is 1.37. The number of hydrogen-bond acceptors (Lipinski definition) is 5. The van der Waals surface area contributed by atoms with E-state index in [0.29, 0.717) is 23.4 Å². The minimum Gasteiger partial charge on any atom is -0.461 e. The van der Waals surface area contributed by atoms with Crippen molar-refractivity contribution < 1.29 is 8.94 Å². The molecule has 1 N–H and O–H groups in total. The van der Waals surface area contributed by atoms with E-state index >= 15 is 0 Å². The minimum atomic E-state index is 0.367. The van der Waals surface area contributed by atoms with Gasteiger partial charge in [-0.15, -0.1) is 0 Å². The van der Waals surface area contributed by atoms with E-state index in [0.717, 1.165) is 13.1 Å². The number of furan rings is 1. The number of nitrogens with zero attached hydrogens (tertiary/aromatic N) is 2. The highest BCUT2D eigenvalue weighted by Crippen LogP contribution is 2.21. The van der Waals surface area contributed by atoms with Crippen LogP contribution in [0.1, 0.15) is 11.8 Å². The maximum atomic E-state index is 5.16. The lowest BCUT2D eigenvalue weighted by Gasteiger charge is -2.22. The maximum Gasteiger partial charge on any atom is 0.238 e. The second-order valence-electron chi connectivity index (χ2n) is 3.29. The third-order valence-corrected chi connectivity index (χ3v) is 2.31. The van der Waals surface area contributed by atoms with Crippen molar-refractivity contribution in [1.82, 2.24) is 15.5 Å². The summed E-state index contributed by atoms with van der Waals surface area (Å²) in [6.45, 7) is 1.83. The van der Waals surface area contributed by atoms with Crippen LogP contribution >= 0.6 is 0 Å². The Labute approximate surface area is 80.1 Å². The Bertz CT molecular complexity index is 417. The molecular weight excluding hydrogens is 182 g/mol. The fraction of sp³-hybridized carbons (Fsp3) is 0.333. The second kappa shape index (κ2) is 2.95. The quantitative estimate of drug-likeness (QED) is 0.767. The number of rotatable bonds is 2. The lowest BCUT2D eigenvalue weighted by atomic mass is 10.0. The molecule has 0 saturated carbocycles. The summed E-state index contributed by atoms with van der Waals surface area (Å²) in [6.07, 6.45) is 1.59. The molecule has 0 aliphatic carbocycles. The summed E-state index contributed by atoms with van der Waals surface area (Å²) in [5.74, 6) is 2.23. The first kappa shape index (κ1) is 7.75. The molecule has 1 saturated heterocycles. The van der Waals surface area contributed by atoms with E-state index in [1.807, 2.05) is 6.07 Å². The number of hydrogen-bond donors (Lipinski definition) is 1. The Morgan fingerprint density at radius 1 is 1.43 bits per heavy atom. The molecule has 1 aliphatic heterocycles. The highest BCUT2D eigenvalue weighted by Gasteiger charge is 2.25. The Balaban J connectivity index is 1.90. The van der Waals surface area contributed by atoms with E-state index in [9.17, 15) is 0 Å². The van der Waals surface area contributed by atoms with Crippen LogP contribution in [-0.2, 0) is 0 Å². The third kappa shape index (κ3) is 1.13. The van der Waals surface area contributed by atoms with Crippen LogP contribution < -0.4 is 5.32 Å². The van der Waals surface area contributed by atoms with Crippen molar-refractivity contribution in [2.75, 3.05) is 13.1 Å². The first-order valence-electron chi connectivity index (χ1n) is 4.51. The molecular formula is C9H9N3O2. The van der Waals surface area contributed by atoms with Crippen molar-refractivity contribution in [2.24, 2.45) is 0 Å². The summed E-state index contributed by atoms with van der Waals surface area (Å²) in [5.41, 5.74) is 0. The summed E-state index contributed by atoms with van der Waals surface area (Å²) in [4.78, 5) is 4.26. The van der Waals surface area contributed by atoms with Gasteiger partial charge < -0.3 is 14.3 Å². The first-order valence-corrected chi connectivity index (χ1v) is 4.51. The van der Waals surface area contributed by atoms with E-state index in [4.69, 9.17) is 8.94 Å². The van der Waals surface area contributed by atoms with Gasteiger partial charge in [0.2, 0.25) is 11.7 Å². The second-order valence-corrected chi connectivity index (χ2v) is 3.29. The zero-order chi connectivity index (χ0) is 9.38. The normalized spacial score (nSPS) is 16.9. The van der Waals surface area contributed by atoms with Gasteiger partial charge >= 0.3 is 0 Å². The monoisotopic (exact) mass is 191 g/mol. The average molecular weight is 191 g/mol. The molecule has 5 nitrogen and oxygen atoms in total. The molecule has 1 fully saturated rings. The topological polar surface area (TPSA) is 64.1 Å². The summed E-state index contributed by atoms with van der Waals surface area (Å²) in [7, 11) is 0. The average Bonchev–Trinajstić information content (AvgIpc) is 2.65. The molecule has 2 aromatic heterocycles. The van der Waals surface area contributed by atoms with Crippen LogP contribution in [0.25, 0.3) is 11.6 Å². The van der Waals surface area contributed by atoms with Crippen molar-refractivity contribution in [2.45, 2.75) is 5.92 Å². The van der Waals surface area contributed by atoms with Gasteiger partial charge in [0.25, 0.3) is 0 Å². The van der Waals surface area contributed by atoms with Crippen LogP contribution in [0.4, 0.5) is 0 Å². The molecule has 0 radical (unpaired) electrons. The van der Waals surface area contributed by atoms with Gasteiger partial charge in [0.15, 0.2) is 5.76 Å². The van der Waals surface area contributed by atoms with Crippen LogP contribution in [0.5, 0.6) is 0 Å². The number of nitrogens with one attached hydrogen (secondary N) is 1.